The van der Waals surface area contributed by atoms with E-state index in [9.17, 15) is 9.18 Å². The molecule has 3 aromatic rings. The number of aromatic nitrogens is 1. The van der Waals surface area contributed by atoms with Crippen LogP contribution in [0.3, 0.4) is 0 Å². The minimum atomic E-state index is -0.304. The lowest BCUT2D eigenvalue weighted by atomic mass is 10.2. The molecule has 0 radical (unpaired) electrons. The van der Waals surface area contributed by atoms with Crippen molar-refractivity contribution in [3.05, 3.63) is 64.9 Å². The SMILES string of the molecule is O=C(Cc1csc(-c2cccc(F)c2)n1)NCc1ccc2c(c1)OCCO2. The van der Waals surface area contributed by atoms with Gasteiger partial charge in [-0.3, -0.25) is 4.79 Å². The molecular weight excluding hydrogens is 367 g/mol. The first-order valence-corrected chi connectivity index (χ1v) is 9.41. The van der Waals surface area contributed by atoms with Crippen molar-refractivity contribution < 1.29 is 18.7 Å². The van der Waals surface area contributed by atoms with Crippen LogP contribution in [-0.2, 0) is 17.8 Å². The molecule has 2 aromatic carbocycles. The number of hydrogen-bond donors (Lipinski definition) is 1. The number of fused-ring (bicyclic) bond motifs is 1. The molecule has 1 aliphatic rings. The molecule has 2 heterocycles. The van der Waals surface area contributed by atoms with Gasteiger partial charge in [-0.1, -0.05) is 18.2 Å². The lowest BCUT2D eigenvalue weighted by molar-refractivity contribution is -0.120. The third kappa shape index (κ3) is 4.25. The third-order valence-corrected chi connectivity index (χ3v) is 5.00. The van der Waals surface area contributed by atoms with E-state index in [1.54, 1.807) is 12.1 Å². The Labute approximate surface area is 159 Å². The lowest BCUT2D eigenvalue weighted by Gasteiger charge is -2.18. The minimum Gasteiger partial charge on any atom is -0.486 e. The molecule has 0 unspecified atom stereocenters. The lowest BCUT2D eigenvalue weighted by Crippen LogP contribution is -2.24. The molecule has 5 nitrogen and oxygen atoms in total. The van der Waals surface area contributed by atoms with Crippen LogP contribution in [0.15, 0.2) is 47.8 Å². The molecule has 138 valence electrons. The second-order valence-corrected chi connectivity index (χ2v) is 6.94. The van der Waals surface area contributed by atoms with Crippen LogP contribution in [0, 0.1) is 5.82 Å². The number of thiazole rings is 1. The molecule has 0 saturated carbocycles. The van der Waals surface area contributed by atoms with Gasteiger partial charge in [0.15, 0.2) is 11.5 Å². The van der Waals surface area contributed by atoms with Crippen molar-refractivity contribution in [1.29, 1.82) is 0 Å². The zero-order chi connectivity index (χ0) is 18.6. The molecule has 1 aromatic heterocycles. The van der Waals surface area contributed by atoms with Gasteiger partial charge in [-0.15, -0.1) is 11.3 Å². The highest BCUT2D eigenvalue weighted by atomic mass is 32.1. The number of nitrogens with one attached hydrogen (secondary N) is 1. The molecule has 0 aliphatic carbocycles. The van der Waals surface area contributed by atoms with Gasteiger partial charge in [0.25, 0.3) is 0 Å². The summed E-state index contributed by atoms with van der Waals surface area (Å²) in [5.74, 6) is 0.998. The van der Waals surface area contributed by atoms with E-state index in [-0.39, 0.29) is 18.1 Å². The molecule has 1 N–H and O–H groups in total. The zero-order valence-electron chi connectivity index (χ0n) is 14.4. The van der Waals surface area contributed by atoms with Crippen LogP contribution < -0.4 is 14.8 Å². The number of carbonyl (C=O) groups excluding carboxylic acids is 1. The molecular formula is C20H17FN2O3S. The molecule has 0 atom stereocenters. The Morgan fingerprint density at radius 1 is 1.15 bits per heavy atom. The average Bonchev–Trinajstić information content (AvgIpc) is 3.15. The fourth-order valence-electron chi connectivity index (χ4n) is 2.77. The van der Waals surface area contributed by atoms with E-state index in [0.717, 1.165) is 11.3 Å². The molecule has 0 fully saturated rings. The first-order chi connectivity index (χ1) is 13.2. The van der Waals surface area contributed by atoms with Crippen molar-refractivity contribution in [1.82, 2.24) is 10.3 Å². The molecule has 1 aliphatic heterocycles. The Morgan fingerprint density at radius 2 is 2.00 bits per heavy atom. The van der Waals surface area contributed by atoms with E-state index in [2.05, 4.69) is 10.3 Å². The van der Waals surface area contributed by atoms with Crippen molar-refractivity contribution >= 4 is 17.2 Å². The maximum absolute atomic E-state index is 13.3. The highest BCUT2D eigenvalue weighted by molar-refractivity contribution is 7.13. The van der Waals surface area contributed by atoms with E-state index in [1.165, 1.54) is 23.5 Å². The molecule has 27 heavy (non-hydrogen) atoms. The predicted molar refractivity (Wildman–Crippen MR) is 100 cm³/mol. The van der Waals surface area contributed by atoms with Crippen LogP contribution in [0.25, 0.3) is 10.6 Å². The van der Waals surface area contributed by atoms with Crippen LogP contribution in [0.5, 0.6) is 11.5 Å². The van der Waals surface area contributed by atoms with Gasteiger partial charge in [-0.2, -0.15) is 0 Å². The van der Waals surface area contributed by atoms with Crippen molar-refractivity contribution in [2.45, 2.75) is 13.0 Å². The summed E-state index contributed by atoms with van der Waals surface area (Å²) in [4.78, 5) is 16.6. The second-order valence-electron chi connectivity index (χ2n) is 6.09. The van der Waals surface area contributed by atoms with E-state index in [4.69, 9.17) is 9.47 Å². The zero-order valence-corrected chi connectivity index (χ0v) is 15.2. The van der Waals surface area contributed by atoms with Gasteiger partial charge in [-0.25, -0.2) is 9.37 Å². The van der Waals surface area contributed by atoms with Gasteiger partial charge in [0, 0.05) is 17.5 Å². The van der Waals surface area contributed by atoms with Crippen LogP contribution >= 0.6 is 11.3 Å². The average molecular weight is 384 g/mol. The Morgan fingerprint density at radius 3 is 2.85 bits per heavy atom. The number of amides is 1. The second kappa shape index (κ2) is 7.75. The Kier molecular flexibility index (Phi) is 5.02. The number of benzene rings is 2. The topological polar surface area (TPSA) is 60.5 Å². The number of hydrogen-bond acceptors (Lipinski definition) is 5. The maximum Gasteiger partial charge on any atom is 0.226 e. The van der Waals surface area contributed by atoms with Crippen molar-refractivity contribution in [2.75, 3.05) is 13.2 Å². The number of carbonyl (C=O) groups is 1. The first-order valence-electron chi connectivity index (χ1n) is 8.53. The molecule has 4 rings (SSSR count). The van der Waals surface area contributed by atoms with Gasteiger partial charge in [0.2, 0.25) is 5.91 Å². The van der Waals surface area contributed by atoms with E-state index >= 15 is 0 Å². The quantitative estimate of drug-likeness (QED) is 0.731. The third-order valence-electron chi connectivity index (χ3n) is 4.06. The smallest absolute Gasteiger partial charge is 0.226 e. The predicted octanol–water partition coefficient (Wildman–Crippen LogP) is 3.58. The summed E-state index contributed by atoms with van der Waals surface area (Å²) in [7, 11) is 0. The standard InChI is InChI=1S/C20H17FN2O3S/c21-15-3-1-2-14(9-15)20-23-16(12-27-20)10-19(24)22-11-13-4-5-17-18(8-13)26-7-6-25-17/h1-5,8-9,12H,6-7,10-11H2,(H,22,24). The van der Waals surface area contributed by atoms with Crippen LogP contribution in [0.1, 0.15) is 11.3 Å². The number of nitrogens with zero attached hydrogens (tertiary/aromatic N) is 1. The number of rotatable bonds is 5. The Balaban J connectivity index is 1.35. The van der Waals surface area contributed by atoms with Gasteiger partial charge in [0.1, 0.15) is 24.0 Å². The summed E-state index contributed by atoms with van der Waals surface area (Å²) in [6, 6.07) is 11.9. The highest BCUT2D eigenvalue weighted by Crippen LogP contribution is 2.30. The van der Waals surface area contributed by atoms with Gasteiger partial charge in [0.05, 0.1) is 12.1 Å². The maximum atomic E-state index is 13.3. The number of ether oxygens (including phenoxy) is 2. The van der Waals surface area contributed by atoms with Gasteiger partial charge < -0.3 is 14.8 Å². The van der Waals surface area contributed by atoms with Crippen LogP contribution in [0.2, 0.25) is 0 Å². The van der Waals surface area contributed by atoms with Crippen molar-refractivity contribution in [3.8, 4) is 22.1 Å². The fraction of sp³-hybridized carbons (Fsp3) is 0.200. The van der Waals surface area contributed by atoms with Crippen LogP contribution in [0.4, 0.5) is 4.39 Å². The van der Waals surface area contributed by atoms with E-state index in [1.807, 2.05) is 23.6 Å². The normalized spacial score (nSPS) is 12.6. The monoisotopic (exact) mass is 384 g/mol. The summed E-state index contributed by atoms with van der Waals surface area (Å²) in [6.07, 6.45) is 0.177. The van der Waals surface area contributed by atoms with Crippen molar-refractivity contribution in [3.63, 3.8) is 0 Å². The van der Waals surface area contributed by atoms with E-state index < -0.39 is 0 Å². The summed E-state index contributed by atoms with van der Waals surface area (Å²) in [5.41, 5.74) is 2.31. The molecule has 0 bridgehead atoms. The first kappa shape index (κ1) is 17.5. The largest absolute Gasteiger partial charge is 0.486 e. The molecule has 7 heteroatoms. The summed E-state index contributed by atoms with van der Waals surface area (Å²) in [5, 5.41) is 5.40. The minimum absolute atomic E-state index is 0.124. The van der Waals surface area contributed by atoms with E-state index in [0.29, 0.717) is 41.8 Å². The van der Waals surface area contributed by atoms with Gasteiger partial charge in [-0.05, 0) is 29.8 Å². The number of halogens is 1. The summed E-state index contributed by atoms with van der Waals surface area (Å²) < 4.78 is 24.4. The molecule has 0 spiro atoms. The van der Waals surface area contributed by atoms with Crippen molar-refractivity contribution in [2.24, 2.45) is 0 Å². The molecule has 0 saturated heterocycles. The fourth-order valence-corrected chi connectivity index (χ4v) is 3.58. The Bertz CT molecular complexity index is 973. The highest BCUT2D eigenvalue weighted by Gasteiger charge is 2.13. The summed E-state index contributed by atoms with van der Waals surface area (Å²) in [6.45, 7) is 1.48. The molecule has 1 amide bonds. The van der Waals surface area contributed by atoms with Gasteiger partial charge >= 0.3 is 0 Å². The van der Waals surface area contributed by atoms with Crippen LogP contribution in [-0.4, -0.2) is 24.1 Å². The summed E-state index contributed by atoms with van der Waals surface area (Å²) >= 11 is 1.40. The Hall–Kier alpha value is -2.93.